The lowest BCUT2D eigenvalue weighted by Crippen LogP contribution is -2.29. The zero-order valence-electron chi connectivity index (χ0n) is 32.2. The predicted octanol–water partition coefficient (Wildman–Crippen LogP) is 11.5. The van der Waals surface area contributed by atoms with E-state index in [-0.39, 0.29) is 22.0 Å². The fourth-order valence-electron chi connectivity index (χ4n) is 6.43. The van der Waals surface area contributed by atoms with Gasteiger partial charge < -0.3 is 14.6 Å². The van der Waals surface area contributed by atoms with E-state index in [1.54, 1.807) is 0 Å². The van der Waals surface area contributed by atoms with Gasteiger partial charge in [0.05, 0.1) is 0 Å². The van der Waals surface area contributed by atoms with Crippen molar-refractivity contribution in [2.45, 2.75) is 106 Å². The van der Waals surface area contributed by atoms with Gasteiger partial charge in [-0.1, -0.05) is 147 Å². The molecule has 0 bridgehead atoms. The van der Waals surface area contributed by atoms with Gasteiger partial charge in [0, 0.05) is 37.6 Å². The highest BCUT2D eigenvalue weighted by Crippen LogP contribution is 2.49. The van der Waals surface area contributed by atoms with Crippen LogP contribution >= 0.6 is 19.5 Å². The lowest BCUT2D eigenvalue weighted by Gasteiger charge is -2.33. The molecule has 5 aromatic rings. The summed E-state index contributed by atoms with van der Waals surface area (Å²) in [5.74, 6) is 1.94. The van der Waals surface area contributed by atoms with Gasteiger partial charge in [0.1, 0.15) is 30.5 Å². The molecule has 268 valence electrons. The summed E-state index contributed by atoms with van der Waals surface area (Å²) in [6, 6.07) is 33.5. The second-order valence-electron chi connectivity index (χ2n) is 16.8. The Hall–Kier alpha value is -3.78. The number of phenolic OH excluding ortho intramolecular Hbond substituents is 1. The SMILES string of the molecule is Cc1cc(P(c2cc(Cl)cc(C(C)(C)C)c2O)c2cc(C)cc(C(C)(C)C)c2OCc2ccccc2)c(OCc2ccccc2)c(C(C)(C)C)c1. The van der Waals surface area contributed by atoms with Gasteiger partial charge in [-0.25, -0.2) is 0 Å². The molecule has 0 aliphatic heterocycles. The van der Waals surface area contributed by atoms with Crippen LogP contribution in [0.3, 0.4) is 0 Å². The van der Waals surface area contributed by atoms with Crippen molar-refractivity contribution < 1.29 is 14.6 Å². The Kier molecular flexibility index (Phi) is 11.4. The normalized spacial score (nSPS) is 12.3. The number of aromatic hydroxyl groups is 1. The topological polar surface area (TPSA) is 38.7 Å². The van der Waals surface area contributed by atoms with Crippen LogP contribution in [-0.4, -0.2) is 5.11 Å². The Morgan fingerprint density at radius 2 is 0.922 bits per heavy atom. The van der Waals surface area contributed by atoms with E-state index in [0.29, 0.717) is 18.2 Å². The Morgan fingerprint density at radius 1 is 0.529 bits per heavy atom. The molecule has 0 spiro atoms. The smallest absolute Gasteiger partial charge is 0.131 e. The molecular formula is C46H54ClO3P. The van der Waals surface area contributed by atoms with E-state index in [1.807, 2.05) is 48.5 Å². The van der Waals surface area contributed by atoms with Crippen LogP contribution in [0, 0.1) is 13.8 Å². The van der Waals surface area contributed by atoms with Gasteiger partial charge in [-0.15, -0.1) is 0 Å². The average Bonchev–Trinajstić information content (AvgIpc) is 3.04. The number of benzene rings is 5. The van der Waals surface area contributed by atoms with Gasteiger partial charge in [0.15, 0.2) is 0 Å². The summed E-state index contributed by atoms with van der Waals surface area (Å²) in [5, 5.41) is 15.8. The maximum atomic E-state index is 12.4. The third-order valence-electron chi connectivity index (χ3n) is 9.08. The fraction of sp³-hybridized carbons (Fsp3) is 0.348. The molecule has 0 saturated heterocycles. The van der Waals surface area contributed by atoms with E-state index in [2.05, 4.69) is 125 Å². The summed E-state index contributed by atoms with van der Waals surface area (Å²) < 4.78 is 14.0. The Bertz CT molecular complexity index is 1870. The van der Waals surface area contributed by atoms with Gasteiger partial charge >= 0.3 is 0 Å². The van der Waals surface area contributed by atoms with E-state index in [1.165, 1.54) is 0 Å². The van der Waals surface area contributed by atoms with E-state index in [4.69, 9.17) is 21.1 Å². The fourth-order valence-corrected chi connectivity index (χ4v) is 9.55. The van der Waals surface area contributed by atoms with Crippen LogP contribution in [0.5, 0.6) is 17.2 Å². The van der Waals surface area contributed by atoms with Gasteiger partial charge in [0.2, 0.25) is 0 Å². The number of rotatable bonds is 9. The Morgan fingerprint density at radius 3 is 1.29 bits per heavy atom. The minimum atomic E-state index is -1.49. The van der Waals surface area contributed by atoms with Gasteiger partial charge in [-0.2, -0.15) is 0 Å². The van der Waals surface area contributed by atoms with Crippen molar-refractivity contribution in [3.05, 3.63) is 141 Å². The van der Waals surface area contributed by atoms with Crippen LogP contribution in [-0.2, 0) is 29.5 Å². The molecule has 0 fully saturated rings. The first-order chi connectivity index (χ1) is 23.8. The number of hydrogen-bond donors (Lipinski definition) is 1. The van der Waals surface area contributed by atoms with E-state index in [0.717, 1.165) is 66.4 Å². The molecule has 3 nitrogen and oxygen atoms in total. The lowest BCUT2D eigenvalue weighted by molar-refractivity contribution is 0.299. The zero-order valence-corrected chi connectivity index (χ0v) is 33.9. The molecule has 5 aromatic carbocycles. The molecule has 0 radical (unpaired) electrons. The summed E-state index contributed by atoms with van der Waals surface area (Å²) in [4.78, 5) is 0. The molecule has 0 aliphatic carbocycles. The van der Waals surface area contributed by atoms with Gasteiger partial charge in [-0.05, 0) is 84.5 Å². The molecule has 1 N–H and O–H groups in total. The standard InChI is InChI=1S/C46H54ClO3P/c1-30-22-36(45(6,7)8)42(49-28-32-18-14-12-15-19-32)39(24-30)51(38-27-34(47)26-35(41(38)48)44(3,4)5)40-25-31(2)23-37(46(9,10)11)43(40)50-29-33-20-16-13-17-21-33/h12-27,48H,28-29H2,1-11H3. The molecule has 5 rings (SSSR count). The molecular weight excluding hydrogens is 667 g/mol. The number of hydrogen-bond acceptors (Lipinski definition) is 3. The van der Waals surface area contributed by atoms with Crippen LogP contribution in [0.25, 0.3) is 0 Å². The number of ether oxygens (including phenoxy) is 2. The highest BCUT2D eigenvalue weighted by molar-refractivity contribution is 7.80. The van der Waals surface area contributed by atoms with Crippen LogP contribution < -0.4 is 25.4 Å². The summed E-state index contributed by atoms with van der Waals surface area (Å²) >= 11 is 7.02. The molecule has 0 heterocycles. The zero-order chi connectivity index (χ0) is 37.3. The maximum Gasteiger partial charge on any atom is 0.131 e. The molecule has 0 aromatic heterocycles. The van der Waals surface area contributed by atoms with Crippen molar-refractivity contribution in [1.82, 2.24) is 0 Å². The van der Waals surface area contributed by atoms with Gasteiger partial charge in [-0.3, -0.25) is 0 Å². The highest BCUT2D eigenvalue weighted by atomic mass is 35.5. The van der Waals surface area contributed by atoms with Gasteiger partial charge in [0.25, 0.3) is 0 Å². The Balaban J connectivity index is 1.91. The van der Waals surface area contributed by atoms with E-state index < -0.39 is 7.92 Å². The van der Waals surface area contributed by atoms with E-state index >= 15 is 0 Å². The average molecular weight is 721 g/mol. The van der Waals surface area contributed by atoms with Crippen molar-refractivity contribution in [2.24, 2.45) is 0 Å². The molecule has 0 saturated carbocycles. The van der Waals surface area contributed by atoms with E-state index in [9.17, 15) is 5.11 Å². The van der Waals surface area contributed by atoms with Crippen LogP contribution in [0.4, 0.5) is 0 Å². The third kappa shape index (κ3) is 9.00. The van der Waals surface area contributed by atoms with Crippen LogP contribution in [0.2, 0.25) is 5.02 Å². The van der Waals surface area contributed by atoms with Crippen molar-refractivity contribution >= 4 is 35.4 Å². The molecule has 0 atom stereocenters. The number of halogens is 1. The summed E-state index contributed by atoms with van der Waals surface area (Å²) in [6.07, 6.45) is 0. The first-order valence-electron chi connectivity index (χ1n) is 17.8. The summed E-state index contributed by atoms with van der Waals surface area (Å²) in [7, 11) is -1.49. The third-order valence-corrected chi connectivity index (χ3v) is 11.7. The largest absolute Gasteiger partial charge is 0.507 e. The molecule has 51 heavy (non-hydrogen) atoms. The van der Waals surface area contributed by atoms with Crippen molar-refractivity contribution in [1.29, 1.82) is 0 Å². The van der Waals surface area contributed by atoms with Crippen molar-refractivity contribution in [3.8, 4) is 17.2 Å². The number of aryl methyl sites for hydroxylation is 2. The minimum absolute atomic E-state index is 0.226. The molecule has 0 amide bonds. The van der Waals surface area contributed by atoms with Crippen LogP contribution in [0.1, 0.15) is 101 Å². The monoisotopic (exact) mass is 720 g/mol. The minimum Gasteiger partial charge on any atom is -0.507 e. The summed E-state index contributed by atoms with van der Waals surface area (Å²) in [6.45, 7) is 24.9. The predicted molar refractivity (Wildman–Crippen MR) is 219 cm³/mol. The molecule has 0 unspecified atom stereocenters. The second-order valence-corrected chi connectivity index (χ2v) is 19.3. The second kappa shape index (κ2) is 15.1. The first kappa shape index (κ1) is 38.5. The van der Waals surface area contributed by atoms with Crippen molar-refractivity contribution in [2.75, 3.05) is 0 Å². The number of phenols is 1. The maximum absolute atomic E-state index is 12.4. The molecule has 0 aliphatic rings. The Labute approximate surface area is 312 Å². The quantitative estimate of drug-likeness (QED) is 0.154. The first-order valence-corrected chi connectivity index (χ1v) is 19.5. The lowest BCUT2D eigenvalue weighted by atomic mass is 9.85. The van der Waals surface area contributed by atoms with Crippen molar-refractivity contribution in [3.63, 3.8) is 0 Å². The summed E-state index contributed by atoms with van der Waals surface area (Å²) in [5.41, 5.74) is 6.68. The van der Waals surface area contributed by atoms with Crippen LogP contribution in [0.15, 0.2) is 97.1 Å². The highest BCUT2D eigenvalue weighted by Gasteiger charge is 2.35. The molecule has 5 heteroatoms.